The van der Waals surface area contributed by atoms with Crippen molar-refractivity contribution in [1.82, 2.24) is 15.3 Å². The van der Waals surface area contributed by atoms with Crippen LogP contribution in [0.4, 0.5) is 0 Å². The molecule has 0 spiro atoms. The minimum absolute atomic E-state index is 0.126. The van der Waals surface area contributed by atoms with Crippen molar-refractivity contribution >= 4 is 21.8 Å². The predicted molar refractivity (Wildman–Crippen MR) is 57.4 cm³/mol. The van der Waals surface area contributed by atoms with Crippen LogP contribution in [-0.2, 0) is 0 Å². The molecule has 0 fully saturated rings. The molecule has 0 saturated heterocycles. The number of hydrogen-bond acceptors (Lipinski definition) is 3. The molecule has 1 unspecified atom stereocenters. The van der Waals surface area contributed by atoms with E-state index in [-0.39, 0.29) is 11.9 Å². The van der Waals surface area contributed by atoms with E-state index in [0.717, 1.165) is 11.8 Å². The number of nitrogens with one attached hydrogen (secondary N) is 1. The molecular formula is C9H12BrN3O. The number of rotatable bonds is 4. The van der Waals surface area contributed by atoms with E-state index >= 15 is 0 Å². The second-order valence-corrected chi connectivity index (χ2v) is 3.77. The maximum absolute atomic E-state index is 11.5. The molecule has 1 rings (SSSR count). The molecule has 1 aromatic heterocycles. The second kappa shape index (κ2) is 5.70. The molecule has 76 valence electrons. The summed E-state index contributed by atoms with van der Waals surface area (Å²) in [7, 11) is 0. The zero-order valence-corrected chi connectivity index (χ0v) is 9.49. The van der Waals surface area contributed by atoms with Crippen LogP contribution in [-0.4, -0.2) is 27.2 Å². The van der Waals surface area contributed by atoms with Crippen LogP contribution in [0.15, 0.2) is 18.7 Å². The molecule has 0 aliphatic heterocycles. The Bertz CT molecular complexity index is 291. The summed E-state index contributed by atoms with van der Waals surface area (Å²) < 4.78 is 0. The van der Waals surface area contributed by atoms with Gasteiger partial charge in [-0.1, -0.05) is 15.9 Å². The number of alkyl halides is 1. The van der Waals surface area contributed by atoms with Crippen LogP contribution in [0.1, 0.15) is 23.7 Å². The van der Waals surface area contributed by atoms with Gasteiger partial charge in [0.15, 0.2) is 0 Å². The molecule has 0 radical (unpaired) electrons. The van der Waals surface area contributed by atoms with Gasteiger partial charge in [-0.05, 0) is 13.3 Å². The van der Waals surface area contributed by atoms with Gasteiger partial charge in [-0.3, -0.25) is 4.79 Å². The Kier molecular flexibility index (Phi) is 4.52. The first-order valence-corrected chi connectivity index (χ1v) is 5.48. The molecule has 14 heavy (non-hydrogen) atoms. The molecule has 0 saturated carbocycles. The van der Waals surface area contributed by atoms with E-state index in [0.29, 0.717) is 5.56 Å². The maximum atomic E-state index is 11.5. The normalized spacial score (nSPS) is 12.1. The van der Waals surface area contributed by atoms with Crippen molar-refractivity contribution in [2.75, 3.05) is 5.33 Å². The maximum Gasteiger partial charge on any atom is 0.254 e. The lowest BCUT2D eigenvalue weighted by Gasteiger charge is -2.11. The molecule has 0 bridgehead atoms. The third-order valence-electron chi connectivity index (χ3n) is 1.74. The highest BCUT2D eigenvalue weighted by Gasteiger charge is 2.08. The molecule has 0 aliphatic rings. The second-order valence-electron chi connectivity index (χ2n) is 2.98. The van der Waals surface area contributed by atoms with Crippen LogP contribution >= 0.6 is 15.9 Å². The lowest BCUT2D eigenvalue weighted by Crippen LogP contribution is -2.32. The van der Waals surface area contributed by atoms with Crippen molar-refractivity contribution in [3.05, 3.63) is 24.3 Å². The molecule has 4 nitrogen and oxygen atoms in total. The highest BCUT2D eigenvalue weighted by molar-refractivity contribution is 9.09. The van der Waals surface area contributed by atoms with Crippen molar-refractivity contribution < 1.29 is 4.79 Å². The van der Waals surface area contributed by atoms with Gasteiger partial charge in [0.05, 0.1) is 5.56 Å². The molecule has 1 heterocycles. The average molecular weight is 258 g/mol. The standard InChI is InChI=1S/C9H12BrN3O/c1-7(2-3-10)13-9(14)8-4-11-6-12-5-8/h4-7H,2-3H2,1H3,(H,13,14). The van der Waals surface area contributed by atoms with Crippen molar-refractivity contribution in [1.29, 1.82) is 0 Å². The topological polar surface area (TPSA) is 54.9 Å². The van der Waals surface area contributed by atoms with Crippen LogP contribution in [0.25, 0.3) is 0 Å². The summed E-state index contributed by atoms with van der Waals surface area (Å²) in [5.41, 5.74) is 0.494. The van der Waals surface area contributed by atoms with Crippen molar-refractivity contribution in [3.8, 4) is 0 Å². The summed E-state index contributed by atoms with van der Waals surface area (Å²) >= 11 is 3.32. The number of hydrogen-bond donors (Lipinski definition) is 1. The summed E-state index contributed by atoms with van der Waals surface area (Å²) in [5, 5.41) is 3.72. The minimum atomic E-state index is -0.126. The summed E-state index contributed by atoms with van der Waals surface area (Å²) in [6.45, 7) is 1.96. The van der Waals surface area contributed by atoms with Gasteiger partial charge in [-0.2, -0.15) is 0 Å². The van der Waals surface area contributed by atoms with Crippen LogP contribution in [0.2, 0.25) is 0 Å². The number of amides is 1. The number of carbonyl (C=O) groups excluding carboxylic acids is 1. The smallest absolute Gasteiger partial charge is 0.254 e. The Morgan fingerprint density at radius 2 is 2.21 bits per heavy atom. The largest absolute Gasteiger partial charge is 0.349 e. The minimum Gasteiger partial charge on any atom is -0.349 e. The molecular weight excluding hydrogens is 246 g/mol. The molecule has 1 N–H and O–H groups in total. The number of nitrogens with zero attached hydrogens (tertiary/aromatic N) is 2. The fourth-order valence-corrected chi connectivity index (χ4v) is 1.65. The molecule has 5 heteroatoms. The van der Waals surface area contributed by atoms with Crippen LogP contribution < -0.4 is 5.32 Å². The Morgan fingerprint density at radius 1 is 1.57 bits per heavy atom. The molecule has 0 aliphatic carbocycles. The Labute approximate surface area is 91.3 Å². The van der Waals surface area contributed by atoms with E-state index in [1.165, 1.54) is 18.7 Å². The summed E-state index contributed by atoms with van der Waals surface area (Å²) in [5.74, 6) is -0.126. The molecule has 1 atom stereocenters. The van der Waals surface area contributed by atoms with E-state index < -0.39 is 0 Å². The van der Waals surface area contributed by atoms with Gasteiger partial charge in [-0.15, -0.1) is 0 Å². The lowest BCUT2D eigenvalue weighted by molar-refractivity contribution is 0.0939. The van der Waals surface area contributed by atoms with Crippen LogP contribution in [0.5, 0.6) is 0 Å². The van der Waals surface area contributed by atoms with Gasteiger partial charge in [0.25, 0.3) is 5.91 Å². The summed E-state index contributed by atoms with van der Waals surface area (Å²) in [6, 6.07) is 0.155. The SMILES string of the molecule is CC(CCBr)NC(=O)c1cncnc1. The van der Waals surface area contributed by atoms with E-state index in [2.05, 4.69) is 31.2 Å². The van der Waals surface area contributed by atoms with Crippen molar-refractivity contribution in [2.45, 2.75) is 19.4 Å². The van der Waals surface area contributed by atoms with Crippen molar-refractivity contribution in [3.63, 3.8) is 0 Å². The highest BCUT2D eigenvalue weighted by Crippen LogP contribution is 1.98. The summed E-state index contributed by atoms with van der Waals surface area (Å²) in [4.78, 5) is 19.1. The van der Waals surface area contributed by atoms with Gasteiger partial charge < -0.3 is 5.32 Å². The fourth-order valence-electron chi connectivity index (χ4n) is 0.959. The fraction of sp³-hybridized carbons (Fsp3) is 0.444. The van der Waals surface area contributed by atoms with E-state index in [1.54, 1.807) is 0 Å². The van der Waals surface area contributed by atoms with E-state index in [1.807, 2.05) is 6.92 Å². The predicted octanol–water partition coefficient (Wildman–Crippen LogP) is 1.38. The van der Waals surface area contributed by atoms with Crippen LogP contribution in [0.3, 0.4) is 0 Å². The Morgan fingerprint density at radius 3 is 2.79 bits per heavy atom. The number of halogens is 1. The van der Waals surface area contributed by atoms with E-state index in [9.17, 15) is 4.79 Å². The Hall–Kier alpha value is -0.970. The highest BCUT2D eigenvalue weighted by atomic mass is 79.9. The van der Waals surface area contributed by atoms with E-state index in [4.69, 9.17) is 0 Å². The van der Waals surface area contributed by atoms with Gasteiger partial charge in [-0.25, -0.2) is 9.97 Å². The first-order chi connectivity index (χ1) is 6.74. The van der Waals surface area contributed by atoms with Gasteiger partial charge >= 0.3 is 0 Å². The third-order valence-corrected chi connectivity index (χ3v) is 2.20. The zero-order chi connectivity index (χ0) is 10.4. The number of aromatic nitrogens is 2. The van der Waals surface area contributed by atoms with Gasteiger partial charge in [0, 0.05) is 23.8 Å². The third kappa shape index (κ3) is 3.41. The first-order valence-electron chi connectivity index (χ1n) is 4.36. The average Bonchev–Trinajstić information content (AvgIpc) is 2.19. The zero-order valence-electron chi connectivity index (χ0n) is 7.90. The quantitative estimate of drug-likeness (QED) is 0.830. The number of carbonyl (C=O) groups is 1. The first kappa shape index (κ1) is 11.1. The Balaban J connectivity index is 2.51. The van der Waals surface area contributed by atoms with Crippen molar-refractivity contribution in [2.24, 2.45) is 0 Å². The lowest BCUT2D eigenvalue weighted by atomic mass is 10.2. The monoisotopic (exact) mass is 257 g/mol. The summed E-state index contributed by atoms with van der Waals surface area (Å²) in [6.07, 6.45) is 5.31. The molecule has 0 aromatic carbocycles. The van der Waals surface area contributed by atoms with Gasteiger partial charge in [0.2, 0.25) is 0 Å². The van der Waals surface area contributed by atoms with Gasteiger partial charge in [0.1, 0.15) is 6.33 Å². The molecule has 1 aromatic rings. The van der Waals surface area contributed by atoms with Crippen LogP contribution in [0, 0.1) is 0 Å². The molecule has 1 amide bonds.